The molecule has 0 radical (unpaired) electrons. The molecule has 0 fully saturated rings. The van der Waals surface area contributed by atoms with Crippen LogP contribution in [0.2, 0.25) is 0 Å². The van der Waals surface area contributed by atoms with Crippen molar-refractivity contribution in [3.05, 3.63) is 0 Å². The van der Waals surface area contributed by atoms with Gasteiger partial charge in [-0.05, 0) is 25.7 Å². The number of hydrogen-bond acceptors (Lipinski definition) is 2. The first-order chi connectivity index (χ1) is 5.49. The summed E-state index contributed by atoms with van der Waals surface area (Å²) < 4.78 is 0. The van der Waals surface area contributed by atoms with Crippen LogP contribution in [0.25, 0.3) is 0 Å². The van der Waals surface area contributed by atoms with Gasteiger partial charge in [0.15, 0.2) is 0 Å². The largest absolute Gasteiger partial charge is 1.00 e. The molecule has 0 heterocycles. The molecular formula is C10H25N2Na. The van der Waals surface area contributed by atoms with Crippen molar-refractivity contribution in [1.82, 2.24) is 0 Å². The molecule has 0 amide bonds. The summed E-state index contributed by atoms with van der Waals surface area (Å²) in [5.74, 6) is 0. The quantitative estimate of drug-likeness (QED) is 0.562. The van der Waals surface area contributed by atoms with E-state index in [1.165, 1.54) is 0 Å². The van der Waals surface area contributed by atoms with Gasteiger partial charge in [0.05, 0.1) is 0 Å². The Morgan fingerprint density at radius 1 is 0.769 bits per heavy atom. The van der Waals surface area contributed by atoms with Crippen molar-refractivity contribution >= 4 is 0 Å². The second-order valence-corrected chi connectivity index (χ2v) is 3.73. The molecule has 2 nitrogen and oxygen atoms in total. The third-order valence-electron chi connectivity index (χ3n) is 3.52. The molecule has 0 atom stereocenters. The van der Waals surface area contributed by atoms with Crippen molar-refractivity contribution in [1.29, 1.82) is 0 Å². The van der Waals surface area contributed by atoms with Crippen molar-refractivity contribution in [2.75, 3.05) is 0 Å². The topological polar surface area (TPSA) is 52.0 Å². The Kier molecular flexibility index (Phi) is 8.07. The first kappa shape index (κ1) is 16.4. The van der Waals surface area contributed by atoms with Crippen LogP contribution in [-0.4, -0.2) is 11.1 Å². The minimum absolute atomic E-state index is 0. The Hall–Kier alpha value is 0.920. The van der Waals surface area contributed by atoms with Gasteiger partial charge in [-0.1, -0.05) is 27.7 Å². The van der Waals surface area contributed by atoms with Gasteiger partial charge in [-0.25, -0.2) is 0 Å². The van der Waals surface area contributed by atoms with Gasteiger partial charge in [0, 0.05) is 11.1 Å². The van der Waals surface area contributed by atoms with Gasteiger partial charge in [0.2, 0.25) is 0 Å². The summed E-state index contributed by atoms with van der Waals surface area (Å²) in [5.41, 5.74) is 12.2. The molecule has 0 unspecified atom stereocenters. The van der Waals surface area contributed by atoms with Gasteiger partial charge >= 0.3 is 29.6 Å². The van der Waals surface area contributed by atoms with Crippen LogP contribution in [-0.2, 0) is 0 Å². The molecule has 76 valence electrons. The molecule has 0 aliphatic heterocycles. The Morgan fingerprint density at radius 2 is 0.923 bits per heavy atom. The number of rotatable bonds is 5. The monoisotopic (exact) mass is 196 g/mol. The fourth-order valence-corrected chi connectivity index (χ4v) is 1.91. The van der Waals surface area contributed by atoms with Crippen LogP contribution in [0.5, 0.6) is 0 Å². The summed E-state index contributed by atoms with van der Waals surface area (Å²) in [6.07, 6.45) is 3.84. The molecule has 13 heavy (non-hydrogen) atoms. The zero-order valence-electron chi connectivity index (χ0n) is 11.0. The first-order valence-electron chi connectivity index (χ1n) is 5.07. The van der Waals surface area contributed by atoms with Crippen LogP contribution < -0.4 is 41.0 Å². The van der Waals surface area contributed by atoms with Crippen molar-refractivity contribution in [3.63, 3.8) is 0 Å². The van der Waals surface area contributed by atoms with E-state index < -0.39 is 0 Å². The maximum atomic E-state index is 6.27. The van der Waals surface area contributed by atoms with Crippen molar-refractivity contribution < 1.29 is 31.0 Å². The Balaban J connectivity index is -0.000000605. The van der Waals surface area contributed by atoms with E-state index in [1.54, 1.807) is 0 Å². The van der Waals surface area contributed by atoms with Gasteiger partial charge in [-0.2, -0.15) is 0 Å². The molecule has 0 saturated carbocycles. The van der Waals surface area contributed by atoms with Crippen LogP contribution in [0.1, 0.15) is 54.8 Å². The molecule has 0 aliphatic carbocycles. The molecule has 0 aliphatic rings. The molecule has 0 spiro atoms. The van der Waals surface area contributed by atoms with E-state index in [4.69, 9.17) is 11.5 Å². The van der Waals surface area contributed by atoms with Crippen LogP contribution in [0, 0.1) is 0 Å². The summed E-state index contributed by atoms with van der Waals surface area (Å²) in [4.78, 5) is 0. The SMILES string of the molecule is CCC(N)(CC)C(N)(CC)CC.[H-].[Na+]. The van der Waals surface area contributed by atoms with Gasteiger partial charge in [-0.3, -0.25) is 0 Å². The fourth-order valence-electron chi connectivity index (χ4n) is 1.91. The molecule has 0 aromatic rings. The van der Waals surface area contributed by atoms with Gasteiger partial charge in [0.25, 0.3) is 0 Å². The number of nitrogens with two attached hydrogens (primary N) is 2. The molecule has 0 aromatic carbocycles. The Bertz CT molecular complexity index is 118. The molecule has 4 N–H and O–H groups in total. The third kappa shape index (κ3) is 3.21. The molecule has 0 saturated heterocycles. The van der Waals surface area contributed by atoms with Gasteiger partial charge in [0.1, 0.15) is 0 Å². The van der Waals surface area contributed by atoms with Crippen molar-refractivity contribution in [2.45, 2.75) is 64.5 Å². The second kappa shape index (κ2) is 6.41. The van der Waals surface area contributed by atoms with Gasteiger partial charge < -0.3 is 12.9 Å². The average Bonchev–Trinajstić information content (AvgIpc) is 2.15. The minimum atomic E-state index is -0.184. The van der Waals surface area contributed by atoms with E-state index in [0.717, 1.165) is 25.7 Å². The van der Waals surface area contributed by atoms with Gasteiger partial charge in [-0.15, -0.1) is 0 Å². The predicted octanol–water partition coefficient (Wildman–Crippen LogP) is -0.862. The van der Waals surface area contributed by atoms with E-state index in [1.807, 2.05) is 0 Å². The molecule has 3 heteroatoms. The summed E-state index contributed by atoms with van der Waals surface area (Å²) in [6, 6.07) is 0. The van der Waals surface area contributed by atoms with E-state index in [2.05, 4.69) is 27.7 Å². The Labute approximate surface area is 107 Å². The van der Waals surface area contributed by atoms with Crippen molar-refractivity contribution in [2.24, 2.45) is 11.5 Å². The summed E-state index contributed by atoms with van der Waals surface area (Å²) in [5, 5.41) is 0. The molecule has 0 rings (SSSR count). The minimum Gasteiger partial charge on any atom is -1.00 e. The summed E-state index contributed by atoms with van der Waals surface area (Å²) >= 11 is 0. The maximum Gasteiger partial charge on any atom is 1.00 e. The zero-order chi connectivity index (χ0) is 9.83. The molecule has 0 bridgehead atoms. The van der Waals surface area contributed by atoms with E-state index in [0.29, 0.717) is 0 Å². The predicted molar refractivity (Wildman–Crippen MR) is 56.1 cm³/mol. The van der Waals surface area contributed by atoms with Crippen molar-refractivity contribution in [3.8, 4) is 0 Å². The maximum absolute atomic E-state index is 6.27. The molecular weight excluding hydrogens is 171 g/mol. The first-order valence-corrected chi connectivity index (χ1v) is 5.07. The standard InChI is InChI=1S/C10H24N2.Na.H/c1-5-9(11,6-2)10(12,7-3)8-4;;/h5-8,11-12H2,1-4H3;;/q;+1;-1. The average molecular weight is 196 g/mol. The second-order valence-electron chi connectivity index (χ2n) is 3.73. The zero-order valence-corrected chi connectivity index (χ0v) is 12.0. The normalized spacial score (nSPS) is 12.5. The summed E-state index contributed by atoms with van der Waals surface area (Å²) in [6.45, 7) is 8.49. The van der Waals surface area contributed by atoms with Crippen LogP contribution >= 0.6 is 0 Å². The van der Waals surface area contributed by atoms with E-state index in [9.17, 15) is 0 Å². The van der Waals surface area contributed by atoms with E-state index in [-0.39, 0.29) is 42.1 Å². The van der Waals surface area contributed by atoms with Crippen LogP contribution in [0.3, 0.4) is 0 Å². The van der Waals surface area contributed by atoms with E-state index >= 15 is 0 Å². The van der Waals surface area contributed by atoms with Crippen LogP contribution in [0.15, 0.2) is 0 Å². The smallest absolute Gasteiger partial charge is 1.00 e. The third-order valence-corrected chi connectivity index (χ3v) is 3.52. The summed E-state index contributed by atoms with van der Waals surface area (Å²) in [7, 11) is 0. The molecule has 0 aromatic heterocycles. The Morgan fingerprint density at radius 3 is 1.00 bits per heavy atom. The number of hydrogen-bond donors (Lipinski definition) is 2. The van der Waals surface area contributed by atoms with Crippen LogP contribution in [0.4, 0.5) is 0 Å². The fraction of sp³-hybridized carbons (Fsp3) is 1.00.